The van der Waals surface area contributed by atoms with Gasteiger partial charge >= 0.3 is 13.8 Å². The van der Waals surface area contributed by atoms with Crippen LogP contribution in [0.5, 0.6) is 0 Å². The van der Waals surface area contributed by atoms with E-state index in [0.29, 0.717) is 17.4 Å². The van der Waals surface area contributed by atoms with Crippen LogP contribution in [0.2, 0.25) is 0 Å². The second-order valence-corrected chi connectivity index (χ2v) is 11.7. The highest BCUT2D eigenvalue weighted by atomic mass is 31.2. The predicted octanol–water partition coefficient (Wildman–Crippen LogP) is 5.77. The highest BCUT2D eigenvalue weighted by Crippen LogP contribution is 2.43. The molecule has 0 aliphatic heterocycles. The summed E-state index contributed by atoms with van der Waals surface area (Å²) in [7, 11) is 1.56. The van der Waals surface area contributed by atoms with Gasteiger partial charge in [-0.3, -0.25) is 13.8 Å². The van der Waals surface area contributed by atoms with Crippen LogP contribution in [0.25, 0.3) is 0 Å². The number of rotatable bonds is 24. The van der Waals surface area contributed by atoms with Gasteiger partial charge in [0.15, 0.2) is 0 Å². The molecule has 35 heavy (non-hydrogen) atoms. The van der Waals surface area contributed by atoms with Gasteiger partial charge in [0, 0.05) is 6.42 Å². The first kappa shape index (κ1) is 34.2. The van der Waals surface area contributed by atoms with E-state index < -0.39 is 20.5 Å². The van der Waals surface area contributed by atoms with E-state index in [1.54, 1.807) is 0 Å². The number of likely N-dealkylation sites (N-methyl/N-ethyl adjacent to an activating group) is 1. The van der Waals surface area contributed by atoms with Crippen molar-refractivity contribution < 1.29 is 37.6 Å². The lowest BCUT2D eigenvalue weighted by molar-refractivity contribution is -0.870. The topological polar surface area (TPSA) is 102 Å². The van der Waals surface area contributed by atoms with E-state index in [9.17, 15) is 19.4 Å². The Labute approximate surface area is 214 Å². The fourth-order valence-corrected chi connectivity index (χ4v) is 4.04. The first-order valence-electron chi connectivity index (χ1n) is 13.5. The van der Waals surface area contributed by atoms with Gasteiger partial charge in [0.05, 0.1) is 27.7 Å². The Hall–Kier alpha value is -0.760. The van der Waals surface area contributed by atoms with E-state index in [2.05, 4.69) is 19.1 Å². The predicted molar refractivity (Wildman–Crippen MR) is 141 cm³/mol. The number of aliphatic hydroxyl groups excluding tert-OH is 1. The van der Waals surface area contributed by atoms with Crippen molar-refractivity contribution in [1.82, 2.24) is 0 Å². The lowest BCUT2D eigenvalue weighted by Gasteiger charge is -2.24. The third-order valence-electron chi connectivity index (χ3n) is 5.53. The van der Waals surface area contributed by atoms with Crippen molar-refractivity contribution in [3.63, 3.8) is 0 Å². The van der Waals surface area contributed by atoms with Crippen molar-refractivity contribution in [3.05, 3.63) is 12.2 Å². The first-order valence-corrected chi connectivity index (χ1v) is 15.0. The Morgan fingerprint density at radius 1 is 0.857 bits per heavy atom. The van der Waals surface area contributed by atoms with Crippen LogP contribution < -0.4 is 0 Å². The van der Waals surface area contributed by atoms with Crippen LogP contribution in [-0.2, 0) is 23.1 Å². The number of phosphoric acid groups is 1. The third kappa shape index (κ3) is 26.1. The maximum Gasteiger partial charge on any atom is 0.472 e. The molecule has 2 atom stereocenters. The van der Waals surface area contributed by atoms with E-state index in [1.807, 2.05) is 21.1 Å². The Balaban J connectivity index is 3.59. The molecule has 0 aliphatic rings. The van der Waals surface area contributed by atoms with Gasteiger partial charge in [0.2, 0.25) is 0 Å². The lowest BCUT2D eigenvalue weighted by atomic mass is 10.1. The lowest BCUT2D eigenvalue weighted by Crippen LogP contribution is -2.37. The van der Waals surface area contributed by atoms with Crippen LogP contribution in [0.4, 0.5) is 0 Å². The normalized spacial score (nSPS) is 14.8. The number of ether oxygens (including phenoxy) is 1. The Morgan fingerprint density at radius 3 is 1.97 bits per heavy atom. The standard InChI is InChI=1S/C26H52NO7P/c1-5-6-7-8-9-10-11-12-13-14-15-16-17-18-19-20-26(29)32-23-25(28)24-34-35(30,31)33-22-21-27(2,3)4/h12-13,25,28H,5-11,14-24H2,1-4H3/p+1/b13-12-. The zero-order valence-electron chi connectivity index (χ0n) is 22.8. The fourth-order valence-electron chi connectivity index (χ4n) is 3.30. The zero-order chi connectivity index (χ0) is 26.4. The number of carbonyl (C=O) groups excluding carboxylic acids is 1. The van der Waals surface area contributed by atoms with Crippen molar-refractivity contribution in [3.8, 4) is 0 Å². The van der Waals surface area contributed by atoms with Crippen LogP contribution in [-0.4, -0.2) is 74.1 Å². The Morgan fingerprint density at radius 2 is 1.40 bits per heavy atom. The summed E-state index contributed by atoms with van der Waals surface area (Å²) in [5.41, 5.74) is 0. The van der Waals surface area contributed by atoms with Gasteiger partial charge in [0.25, 0.3) is 0 Å². The van der Waals surface area contributed by atoms with Crippen molar-refractivity contribution in [2.75, 3.05) is 47.5 Å². The van der Waals surface area contributed by atoms with Gasteiger partial charge in [0.1, 0.15) is 25.9 Å². The minimum Gasteiger partial charge on any atom is -0.463 e. The number of unbranched alkanes of at least 4 members (excludes halogenated alkanes) is 11. The quantitative estimate of drug-likeness (QED) is 0.0546. The fraction of sp³-hybridized carbons (Fsp3) is 0.885. The minimum atomic E-state index is -4.24. The molecule has 2 N–H and O–H groups in total. The number of quaternary nitrogens is 1. The Kier molecular flexibility index (Phi) is 20.9. The molecule has 208 valence electrons. The number of hydrogen-bond acceptors (Lipinski definition) is 6. The van der Waals surface area contributed by atoms with Gasteiger partial charge in [-0.1, -0.05) is 70.4 Å². The number of esters is 1. The van der Waals surface area contributed by atoms with E-state index in [0.717, 1.165) is 32.1 Å². The molecule has 0 saturated heterocycles. The van der Waals surface area contributed by atoms with Gasteiger partial charge < -0.3 is 19.2 Å². The maximum atomic E-state index is 11.8. The molecule has 0 aromatic carbocycles. The molecule has 0 amide bonds. The summed E-state index contributed by atoms with van der Waals surface area (Å²) in [6.07, 6.45) is 19.2. The average molecular weight is 523 g/mol. The summed E-state index contributed by atoms with van der Waals surface area (Å²) < 4.78 is 27.0. The molecule has 0 spiro atoms. The third-order valence-corrected chi connectivity index (χ3v) is 6.51. The molecule has 0 aromatic rings. The molecule has 0 bridgehead atoms. The summed E-state index contributed by atoms with van der Waals surface area (Å²) >= 11 is 0. The molecule has 0 aliphatic carbocycles. The smallest absolute Gasteiger partial charge is 0.463 e. The number of phosphoric ester groups is 1. The molecule has 8 nitrogen and oxygen atoms in total. The molecule has 0 heterocycles. The molecule has 0 radical (unpaired) electrons. The molecule has 0 saturated carbocycles. The largest absolute Gasteiger partial charge is 0.472 e. The monoisotopic (exact) mass is 522 g/mol. The summed E-state index contributed by atoms with van der Waals surface area (Å²) in [6, 6.07) is 0. The molecule has 0 aromatic heterocycles. The van der Waals surface area contributed by atoms with Crippen molar-refractivity contribution in [1.29, 1.82) is 0 Å². The van der Waals surface area contributed by atoms with Gasteiger partial charge in [-0.15, -0.1) is 0 Å². The second kappa shape index (κ2) is 21.3. The number of nitrogens with zero attached hydrogens (tertiary/aromatic N) is 1. The highest BCUT2D eigenvalue weighted by molar-refractivity contribution is 7.47. The van der Waals surface area contributed by atoms with E-state index in [1.165, 1.54) is 51.4 Å². The molecule has 9 heteroatoms. The first-order chi connectivity index (χ1) is 16.6. The molecule has 0 fully saturated rings. The van der Waals surface area contributed by atoms with Crippen LogP contribution >= 0.6 is 7.82 Å². The summed E-state index contributed by atoms with van der Waals surface area (Å²) in [5, 5.41) is 9.82. The molecule has 2 unspecified atom stereocenters. The highest BCUT2D eigenvalue weighted by Gasteiger charge is 2.24. The number of aliphatic hydroxyl groups is 1. The minimum absolute atomic E-state index is 0.0539. The zero-order valence-corrected chi connectivity index (χ0v) is 23.7. The van der Waals surface area contributed by atoms with Gasteiger partial charge in [-0.2, -0.15) is 0 Å². The van der Waals surface area contributed by atoms with Crippen molar-refractivity contribution in [2.45, 2.75) is 103 Å². The van der Waals surface area contributed by atoms with Crippen molar-refractivity contribution >= 4 is 13.8 Å². The molecular weight excluding hydrogens is 469 g/mol. The average Bonchev–Trinajstić information content (AvgIpc) is 2.78. The van der Waals surface area contributed by atoms with Crippen LogP contribution in [0, 0.1) is 0 Å². The Bertz CT molecular complexity index is 593. The summed E-state index contributed by atoms with van der Waals surface area (Å²) in [6.45, 7) is 2.11. The van der Waals surface area contributed by atoms with Gasteiger partial charge in [-0.25, -0.2) is 4.57 Å². The summed E-state index contributed by atoms with van der Waals surface area (Å²) in [5.74, 6) is -0.381. The van der Waals surface area contributed by atoms with Crippen LogP contribution in [0.3, 0.4) is 0 Å². The SMILES string of the molecule is CCCCCCCC/C=C\CCCCCCCC(=O)OCC(O)COP(=O)(O)OCC[N+](C)(C)C. The van der Waals surface area contributed by atoms with Gasteiger partial charge in [-0.05, 0) is 32.1 Å². The number of allylic oxidation sites excluding steroid dienone is 2. The van der Waals surface area contributed by atoms with E-state index in [-0.39, 0.29) is 19.2 Å². The second-order valence-electron chi connectivity index (χ2n) is 10.3. The summed E-state index contributed by atoms with van der Waals surface area (Å²) in [4.78, 5) is 21.4. The van der Waals surface area contributed by atoms with Crippen LogP contribution in [0.1, 0.15) is 96.8 Å². The maximum absolute atomic E-state index is 11.8. The molecule has 0 rings (SSSR count). The number of hydrogen-bond donors (Lipinski definition) is 2. The van der Waals surface area contributed by atoms with Crippen LogP contribution in [0.15, 0.2) is 12.2 Å². The van der Waals surface area contributed by atoms with E-state index >= 15 is 0 Å². The number of carbonyl (C=O) groups is 1. The van der Waals surface area contributed by atoms with E-state index in [4.69, 9.17) is 13.8 Å². The van der Waals surface area contributed by atoms with Crippen molar-refractivity contribution in [2.24, 2.45) is 0 Å². The molecular formula is C26H53NO7P+.